The molecule has 12 aromatic heterocycles. The fourth-order valence-electron chi connectivity index (χ4n) is 20.8. The highest BCUT2D eigenvalue weighted by Crippen LogP contribution is 2.48. The second kappa shape index (κ2) is 36.6. The summed E-state index contributed by atoms with van der Waals surface area (Å²) in [7, 11) is 0. The monoisotopic (exact) mass is 1990 g/mol. The maximum atomic E-state index is 6.10. The average Bonchev–Trinajstić information content (AvgIpc) is 1.58. The Balaban J connectivity index is 0.000000106. The molecule has 19 aromatic carbocycles. The van der Waals surface area contributed by atoms with Gasteiger partial charge in [-0.1, -0.05) is 370 Å². The van der Waals surface area contributed by atoms with E-state index in [0.717, 1.165) is 214 Å². The summed E-state index contributed by atoms with van der Waals surface area (Å²) in [6.45, 7) is 0. The summed E-state index contributed by atoms with van der Waals surface area (Å²) in [5.74, 6) is 4.11. The maximum Gasteiger partial charge on any atom is 0.160 e. The van der Waals surface area contributed by atoms with Crippen LogP contribution in [0.3, 0.4) is 0 Å². The second-order valence-electron chi connectivity index (χ2n) is 37.1. The Labute approximate surface area is 873 Å². The van der Waals surface area contributed by atoms with Gasteiger partial charge in [0.1, 0.15) is 11.2 Å². The first-order chi connectivity index (χ1) is 74.3. The predicted octanol–water partition coefficient (Wildman–Crippen LogP) is 35.7. The number of fused-ring (bicyclic) bond motifs is 21. The van der Waals surface area contributed by atoms with E-state index in [1.165, 1.54) is 50.6 Å². The van der Waals surface area contributed by atoms with Crippen LogP contribution in [0, 0.1) is 0 Å². The fourth-order valence-corrected chi connectivity index (χ4v) is 25.4. The molecule has 0 aliphatic rings. The predicted molar refractivity (Wildman–Crippen MR) is 624 cm³/mol. The summed E-state index contributed by atoms with van der Waals surface area (Å²) >= 11 is 7.06. The van der Waals surface area contributed by atoms with Gasteiger partial charge in [0.25, 0.3) is 0 Å². The molecule has 14 nitrogen and oxygen atoms in total. The third-order valence-corrected chi connectivity index (χ3v) is 32.7. The number of rotatable bonds is 13. The van der Waals surface area contributed by atoms with Gasteiger partial charge >= 0.3 is 0 Å². The van der Waals surface area contributed by atoms with Crippen molar-refractivity contribution in [1.82, 2.24) is 64.4 Å². The Morgan fingerprint density at radius 2 is 0.447 bits per heavy atom. The van der Waals surface area contributed by atoms with Gasteiger partial charge in [-0.2, -0.15) is 0 Å². The van der Waals surface area contributed by atoms with Gasteiger partial charge in [0.15, 0.2) is 34.9 Å². The number of aromatic nitrogens is 13. The van der Waals surface area contributed by atoms with Crippen molar-refractivity contribution in [2.45, 2.75) is 0 Å². The van der Waals surface area contributed by atoms with Crippen LogP contribution in [0.4, 0.5) is 0 Å². The van der Waals surface area contributed by atoms with Crippen molar-refractivity contribution in [2.75, 3.05) is 0 Å². The fraction of sp³-hybridized carbons (Fsp3) is 0. The lowest BCUT2D eigenvalue weighted by Gasteiger charge is -2.12. The van der Waals surface area contributed by atoms with Gasteiger partial charge in [-0.05, 0) is 97.1 Å². The average molecular weight is 1990 g/mol. The quantitative estimate of drug-likeness (QED) is 0.107. The SMILES string of the molecule is c1ccc(-c2nc(-c3ccc(-c4nc(-c5ccc6c(c5)sc5ccccc56)c5ccccc5n4)cc3)nc3c2sc2ccccc23)cc1.c1ccc(-c2nc(-c3ccc(-c4nc(-c5ccc6c7ccccc7n(-c7ccccc7)c6c5)c5ccccc5n4)cc3)nc3c2sc2ccccc23)cc1.c1ccc(-c2nc(-c3ccc(-c4nc(-c5ccc6oc7ccccc7c6c5)c5ccccc5n4)cc3)nc3c2sc2ccccc23)cc1. The molecule has 0 saturated carbocycles. The Morgan fingerprint density at radius 1 is 0.160 bits per heavy atom. The highest BCUT2D eigenvalue weighted by Gasteiger charge is 2.26. The molecular formula is C132H77N13OS4. The molecule has 0 amide bonds. The zero-order chi connectivity index (χ0) is 98.8. The highest BCUT2D eigenvalue weighted by molar-refractivity contribution is 7.27. The van der Waals surface area contributed by atoms with E-state index >= 15 is 0 Å². The van der Waals surface area contributed by atoms with E-state index in [1.54, 1.807) is 34.0 Å². The van der Waals surface area contributed by atoms with Crippen LogP contribution in [0.25, 0.3) is 299 Å². The van der Waals surface area contributed by atoms with Crippen LogP contribution in [0.15, 0.2) is 472 Å². The third-order valence-electron chi connectivity index (χ3n) is 28.1. The Bertz CT molecular complexity index is 10800. The molecule has 0 spiro atoms. The molecule has 0 bridgehead atoms. The Morgan fingerprint density at radius 3 is 0.873 bits per heavy atom. The summed E-state index contributed by atoms with van der Waals surface area (Å²) in [5.41, 5.74) is 28.4. The van der Waals surface area contributed by atoms with Crippen LogP contribution in [0.2, 0.25) is 0 Å². The molecule has 0 fully saturated rings. The van der Waals surface area contributed by atoms with Crippen LogP contribution in [0.1, 0.15) is 0 Å². The van der Waals surface area contributed by atoms with E-state index in [0.29, 0.717) is 34.9 Å². The van der Waals surface area contributed by atoms with Crippen LogP contribution < -0.4 is 0 Å². The minimum atomic E-state index is 0.664. The van der Waals surface area contributed by atoms with Gasteiger partial charge in [0, 0.05) is 161 Å². The first kappa shape index (κ1) is 87.5. The number of furan rings is 1. The van der Waals surface area contributed by atoms with E-state index in [-0.39, 0.29) is 0 Å². The molecule has 0 radical (unpaired) electrons. The highest BCUT2D eigenvalue weighted by atomic mass is 32.1. The zero-order valence-corrected chi connectivity index (χ0v) is 83.1. The van der Waals surface area contributed by atoms with Crippen molar-refractivity contribution in [2.24, 2.45) is 0 Å². The van der Waals surface area contributed by atoms with Crippen molar-refractivity contribution in [1.29, 1.82) is 0 Å². The summed E-state index contributed by atoms with van der Waals surface area (Å²) in [6.07, 6.45) is 0. The summed E-state index contributed by atoms with van der Waals surface area (Å²) in [6, 6.07) is 162. The number of hydrogen-bond acceptors (Lipinski definition) is 17. The van der Waals surface area contributed by atoms with Gasteiger partial charge in [0.05, 0.1) is 92.4 Å². The lowest BCUT2D eigenvalue weighted by atomic mass is 10.0. The van der Waals surface area contributed by atoms with Crippen molar-refractivity contribution in [3.05, 3.63) is 467 Å². The molecule has 150 heavy (non-hydrogen) atoms. The lowest BCUT2D eigenvalue weighted by Crippen LogP contribution is -1.97. The van der Waals surface area contributed by atoms with Gasteiger partial charge in [0.2, 0.25) is 0 Å². The topological polar surface area (TPSA) is 173 Å². The number of hydrogen-bond donors (Lipinski definition) is 0. The summed E-state index contributed by atoms with van der Waals surface area (Å²) < 4.78 is 17.9. The molecule has 700 valence electrons. The van der Waals surface area contributed by atoms with E-state index < -0.39 is 0 Å². The van der Waals surface area contributed by atoms with Crippen molar-refractivity contribution < 1.29 is 4.42 Å². The van der Waals surface area contributed by atoms with E-state index in [1.807, 2.05) is 84.1 Å². The molecular weight excluding hydrogens is 1910 g/mol. The minimum Gasteiger partial charge on any atom is -0.456 e. The van der Waals surface area contributed by atoms with Gasteiger partial charge in [-0.3, -0.25) is 0 Å². The molecule has 31 rings (SSSR count). The third kappa shape index (κ3) is 15.5. The standard InChI is InChI=1S/C48H29N5S.C42H24N4OS.C42H24N4S2/c1-3-13-30(14-4-1)44-46-45(38-19-9-12-22-42(38)54-46)52-48(51-44)32-25-23-31(24-26-32)47-49-39-20-10-7-18-37(39)43(50-47)33-27-28-36-35-17-8-11-21-40(35)53(41(36)29-33)34-15-5-2-6-16-34;1-2-10-25(11-3-1)38-40-39(31-14-6-9-17-36(31)48-40)46-42(45-38)27-20-18-26(19-21-27)41-43-33-15-7-4-13-30(33)37(44-41)28-22-23-35-32(24-28)29-12-5-8-16-34(29)47-35;1-2-10-25(11-3-1)38-40-39(32-14-6-9-17-35(32)48-40)46-42(45-38)27-20-18-26(19-21-27)41-43-33-15-7-4-13-31(33)37(44-41)28-22-23-30-29-12-5-8-16-34(29)47-36(30)24-28/h1-29H;2*1-24H. The number of nitrogens with zero attached hydrogens (tertiary/aromatic N) is 13. The van der Waals surface area contributed by atoms with Gasteiger partial charge < -0.3 is 8.98 Å². The van der Waals surface area contributed by atoms with E-state index in [9.17, 15) is 0 Å². The molecule has 0 atom stereocenters. The lowest BCUT2D eigenvalue weighted by molar-refractivity contribution is 0.669. The first-order valence-corrected chi connectivity index (χ1v) is 52.9. The van der Waals surface area contributed by atoms with Crippen LogP contribution in [0.5, 0.6) is 0 Å². The second-order valence-corrected chi connectivity index (χ2v) is 41.4. The normalized spacial score (nSPS) is 11.7. The van der Waals surface area contributed by atoms with Crippen LogP contribution >= 0.6 is 45.3 Å². The first-order valence-electron chi connectivity index (χ1n) is 49.6. The van der Waals surface area contributed by atoms with Crippen molar-refractivity contribution in [3.63, 3.8) is 0 Å². The molecule has 0 aliphatic heterocycles. The van der Waals surface area contributed by atoms with Gasteiger partial charge in [-0.15, -0.1) is 45.3 Å². The maximum absolute atomic E-state index is 6.10. The molecule has 31 aromatic rings. The minimum absolute atomic E-state index is 0.664. The summed E-state index contributed by atoms with van der Waals surface area (Å²) in [4.78, 5) is 61.6. The molecule has 12 heterocycles. The smallest absolute Gasteiger partial charge is 0.160 e. The Hall–Kier alpha value is -19.1. The largest absolute Gasteiger partial charge is 0.456 e. The van der Waals surface area contributed by atoms with Gasteiger partial charge in [-0.25, -0.2) is 59.8 Å². The van der Waals surface area contributed by atoms with Crippen LogP contribution in [-0.2, 0) is 0 Å². The van der Waals surface area contributed by atoms with Crippen molar-refractivity contribution in [3.8, 4) is 142 Å². The van der Waals surface area contributed by atoms with E-state index in [4.69, 9.17) is 64.2 Å². The molecule has 0 aliphatic carbocycles. The van der Waals surface area contributed by atoms with E-state index in [2.05, 4.69) is 399 Å². The summed E-state index contributed by atoms with van der Waals surface area (Å²) in [5, 5.41) is 13.7. The number of benzene rings is 19. The molecule has 0 saturated heterocycles. The molecule has 18 heteroatoms. The van der Waals surface area contributed by atoms with Crippen LogP contribution in [-0.4, -0.2) is 64.4 Å². The molecule has 0 unspecified atom stereocenters. The Kier molecular flexibility index (Phi) is 21.3. The van der Waals surface area contributed by atoms with Crippen molar-refractivity contribution >= 4 is 203 Å². The number of para-hydroxylation sites is 6. The zero-order valence-electron chi connectivity index (χ0n) is 79.8. The number of thiophene rings is 4. The molecule has 0 N–H and O–H groups in total.